The molecule has 1 heterocycles. The van der Waals surface area contributed by atoms with Crippen LogP contribution in [0.5, 0.6) is 0 Å². The summed E-state index contributed by atoms with van der Waals surface area (Å²) in [4.78, 5) is 22.4. The van der Waals surface area contributed by atoms with Gasteiger partial charge in [0.2, 0.25) is 11.9 Å². The predicted octanol–water partition coefficient (Wildman–Crippen LogP) is 1.43. The average molecular weight is 279 g/mol. The maximum absolute atomic E-state index is 11.6. The van der Waals surface area contributed by atoms with Crippen molar-refractivity contribution in [2.24, 2.45) is 5.92 Å². The largest absolute Gasteiger partial charge is 0.359 e. The van der Waals surface area contributed by atoms with Crippen LogP contribution < -0.4 is 15.5 Å². The fourth-order valence-corrected chi connectivity index (χ4v) is 1.97. The predicted molar refractivity (Wildman–Crippen MR) is 82.1 cm³/mol. The fourth-order valence-electron chi connectivity index (χ4n) is 1.97. The molecule has 0 spiro atoms. The van der Waals surface area contributed by atoms with Gasteiger partial charge in [0.05, 0.1) is 5.92 Å². The molecule has 0 aliphatic heterocycles. The Labute approximate surface area is 121 Å². The highest BCUT2D eigenvalue weighted by molar-refractivity contribution is 5.78. The number of aryl methyl sites for hydroxylation is 1. The first-order valence-electron chi connectivity index (χ1n) is 6.99. The van der Waals surface area contributed by atoms with Gasteiger partial charge >= 0.3 is 0 Å². The molecule has 1 aromatic rings. The molecule has 0 aromatic carbocycles. The van der Waals surface area contributed by atoms with Crippen LogP contribution in [0.3, 0.4) is 0 Å². The molecule has 0 bridgehead atoms. The van der Waals surface area contributed by atoms with Gasteiger partial charge in [0.25, 0.3) is 0 Å². The van der Waals surface area contributed by atoms with E-state index in [0.29, 0.717) is 12.5 Å². The molecule has 0 saturated heterocycles. The molecular weight excluding hydrogens is 254 g/mol. The molecule has 6 heteroatoms. The minimum absolute atomic E-state index is 0.0351. The van der Waals surface area contributed by atoms with E-state index in [1.165, 1.54) is 0 Å². The summed E-state index contributed by atoms with van der Waals surface area (Å²) in [6.07, 6.45) is 2.83. The van der Waals surface area contributed by atoms with E-state index >= 15 is 0 Å². The average Bonchev–Trinajstić information content (AvgIpc) is 2.45. The second kappa shape index (κ2) is 7.67. The van der Waals surface area contributed by atoms with Gasteiger partial charge in [-0.3, -0.25) is 4.79 Å². The van der Waals surface area contributed by atoms with Crippen molar-refractivity contribution in [1.29, 1.82) is 0 Å². The lowest BCUT2D eigenvalue weighted by atomic mass is 10.1. The second-order valence-electron chi connectivity index (χ2n) is 5.02. The van der Waals surface area contributed by atoms with Gasteiger partial charge in [-0.15, -0.1) is 0 Å². The van der Waals surface area contributed by atoms with Crippen molar-refractivity contribution >= 4 is 17.7 Å². The van der Waals surface area contributed by atoms with E-state index in [2.05, 4.69) is 27.5 Å². The van der Waals surface area contributed by atoms with Crippen molar-refractivity contribution in [3.63, 3.8) is 0 Å². The number of hydrogen-bond donors (Lipinski definition) is 2. The Morgan fingerprint density at radius 1 is 1.50 bits per heavy atom. The van der Waals surface area contributed by atoms with Crippen LogP contribution in [0.15, 0.2) is 6.20 Å². The number of carbonyl (C=O) groups is 1. The lowest BCUT2D eigenvalue weighted by Gasteiger charge is -2.23. The van der Waals surface area contributed by atoms with Gasteiger partial charge in [0, 0.05) is 38.9 Å². The van der Waals surface area contributed by atoms with Crippen LogP contribution in [0.2, 0.25) is 0 Å². The topological polar surface area (TPSA) is 70.2 Å². The quantitative estimate of drug-likeness (QED) is 0.790. The molecule has 1 rings (SSSR count). The number of rotatable bonds is 7. The minimum atomic E-state index is -0.0913. The molecule has 1 atom stereocenters. The van der Waals surface area contributed by atoms with Crippen molar-refractivity contribution in [3.05, 3.63) is 11.8 Å². The van der Waals surface area contributed by atoms with Gasteiger partial charge in [0.1, 0.15) is 5.82 Å². The summed E-state index contributed by atoms with van der Waals surface area (Å²) >= 11 is 0. The third-order valence-electron chi connectivity index (χ3n) is 3.08. The molecule has 0 saturated carbocycles. The van der Waals surface area contributed by atoms with Gasteiger partial charge in [-0.1, -0.05) is 13.8 Å². The van der Waals surface area contributed by atoms with Crippen LogP contribution in [0.25, 0.3) is 0 Å². The number of anilines is 2. The molecule has 1 amide bonds. The zero-order chi connectivity index (χ0) is 15.1. The van der Waals surface area contributed by atoms with Crippen LogP contribution >= 0.6 is 0 Å². The molecule has 6 nitrogen and oxygen atoms in total. The van der Waals surface area contributed by atoms with E-state index < -0.39 is 0 Å². The maximum Gasteiger partial charge on any atom is 0.224 e. The van der Waals surface area contributed by atoms with Gasteiger partial charge in [-0.05, 0) is 13.3 Å². The Hall–Kier alpha value is -1.85. The smallest absolute Gasteiger partial charge is 0.224 e. The second-order valence-corrected chi connectivity index (χ2v) is 5.02. The third-order valence-corrected chi connectivity index (χ3v) is 3.08. The van der Waals surface area contributed by atoms with Gasteiger partial charge in [-0.2, -0.15) is 4.98 Å². The van der Waals surface area contributed by atoms with E-state index in [1.807, 2.05) is 25.8 Å². The van der Waals surface area contributed by atoms with E-state index in [-0.39, 0.29) is 11.8 Å². The molecular formula is C14H25N5O. The maximum atomic E-state index is 11.6. The van der Waals surface area contributed by atoms with Gasteiger partial charge in [0.15, 0.2) is 0 Å². The summed E-state index contributed by atoms with van der Waals surface area (Å²) in [5, 5.41) is 5.84. The number of nitrogens with one attached hydrogen (secondary N) is 2. The zero-order valence-electron chi connectivity index (χ0n) is 13.0. The SMILES string of the molecule is CCCNc1ncc(C)c(N(C)CC(C)C(=O)NC)n1. The van der Waals surface area contributed by atoms with Crippen LogP contribution in [-0.2, 0) is 4.79 Å². The van der Waals surface area contributed by atoms with E-state index in [4.69, 9.17) is 0 Å². The monoisotopic (exact) mass is 279 g/mol. The normalized spacial score (nSPS) is 11.8. The van der Waals surface area contributed by atoms with Crippen LogP contribution in [-0.4, -0.2) is 43.1 Å². The number of nitrogens with zero attached hydrogens (tertiary/aromatic N) is 3. The summed E-state index contributed by atoms with van der Waals surface area (Å²) in [6, 6.07) is 0. The van der Waals surface area contributed by atoms with Crippen molar-refractivity contribution in [2.45, 2.75) is 27.2 Å². The highest BCUT2D eigenvalue weighted by Gasteiger charge is 2.16. The Morgan fingerprint density at radius 2 is 2.20 bits per heavy atom. The highest BCUT2D eigenvalue weighted by Crippen LogP contribution is 2.17. The molecule has 0 aliphatic carbocycles. The first kappa shape index (κ1) is 16.2. The number of carbonyl (C=O) groups excluding carboxylic acids is 1. The zero-order valence-corrected chi connectivity index (χ0v) is 13.0. The molecule has 1 aromatic heterocycles. The third kappa shape index (κ3) is 4.36. The molecule has 112 valence electrons. The van der Waals surface area contributed by atoms with Crippen molar-refractivity contribution in [1.82, 2.24) is 15.3 Å². The van der Waals surface area contributed by atoms with Crippen molar-refractivity contribution in [3.8, 4) is 0 Å². The Bertz CT molecular complexity index is 449. The number of amides is 1. The van der Waals surface area contributed by atoms with E-state index in [0.717, 1.165) is 24.3 Å². The summed E-state index contributed by atoms with van der Waals surface area (Å²) in [7, 11) is 3.60. The fraction of sp³-hybridized carbons (Fsp3) is 0.643. The standard InChI is InChI=1S/C14H25N5O/c1-6-7-16-14-17-8-10(2)12(18-14)19(5)9-11(3)13(20)15-4/h8,11H,6-7,9H2,1-5H3,(H,15,20)(H,16,17,18). The summed E-state index contributed by atoms with van der Waals surface area (Å²) in [5.41, 5.74) is 0.999. The number of aromatic nitrogens is 2. The van der Waals surface area contributed by atoms with Crippen LogP contribution in [0.4, 0.5) is 11.8 Å². The van der Waals surface area contributed by atoms with Crippen LogP contribution in [0.1, 0.15) is 25.8 Å². The highest BCUT2D eigenvalue weighted by atomic mass is 16.1. The molecule has 0 aliphatic rings. The summed E-state index contributed by atoms with van der Waals surface area (Å²) in [5.74, 6) is 1.43. The lowest BCUT2D eigenvalue weighted by molar-refractivity contribution is -0.123. The summed E-state index contributed by atoms with van der Waals surface area (Å²) in [6.45, 7) is 7.44. The Kier molecular flexibility index (Phi) is 6.21. The Morgan fingerprint density at radius 3 is 2.80 bits per heavy atom. The minimum Gasteiger partial charge on any atom is -0.359 e. The molecule has 2 N–H and O–H groups in total. The first-order chi connectivity index (χ1) is 9.49. The number of hydrogen-bond acceptors (Lipinski definition) is 5. The molecule has 1 unspecified atom stereocenters. The van der Waals surface area contributed by atoms with Gasteiger partial charge < -0.3 is 15.5 Å². The van der Waals surface area contributed by atoms with Crippen molar-refractivity contribution in [2.75, 3.05) is 37.4 Å². The van der Waals surface area contributed by atoms with Crippen LogP contribution in [0, 0.1) is 12.8 Å². The lowest BCUT2D eigenvalue weighted by Crippen LogP contribution is -2.35. The summed E-state index contributed by atoms with van der Waals surface area (Å²) < 4.78 is 0. The molecule has 0 radical (unpaired) electrons. The Balaban J connectivity index is 2.80. The van der Waals surface area contributed by atoms with E-state index in [9.17, 15) is 4.79 Å². The van der Waals surface area contributed by atoms with Gasteiger partial charge in [-0.25, -0.2) is 4.98 Å². The molecule has 0 fully saturated rings. The first-order valence-corrected chi connectivity index (χ1v) is 6.99. The van der Waals surface area contributed by atoms with Crippen molar-refractivity contribution < 1.29 is 4.79 Å². The van der Waals surface area contributed by atoms with E-state index in [1.54, 1.807) is 13.2 Å². The molecule has 20 heavy (non-hydrogen) atoms.